The first kappa shape index (κ1) is 14.3. The van der Waals surface area contributed by atoms with Crippen molar-refractivity contribution in [2.24, 2.45) is 0 Å². The molecule has 1 heteroatoms. The first-order chi connectivity index (χ1) is 8.54. The molecule has 0 amide bonds. The predicted octanol–water partition coefficient (Wildman–Crippen LogP) is 5.13. The fraction of sp³-hybridized carbons (Fsp3) is 0.294. The van der Waals surface area contributed by atoms with Gasteiger partial charge in [-0.15, -0.1) is 6.58 Å². The van der Waals surface area contributed by atoms with Gasteiger partial charge in [-0.25, -0.2) is 0 Å². The Hall–Kier alpha value is -1.76. The molecule has 1 nitrogen and oxygen atoms in total. The highest BCUT2D eigenvalue weighted by atomic mass is 14.9. The van der Waals surface area contributed by atoms with Crippen LogP contribution in [0.5, 0.6) is 0 Å². The highest BCUT2D eigenvalue weighted by Crippen LogP contribution is 2.23. The summed E-state index contributed by atoms with van der Waals surface area (Å²) in [6.45, 7) is 16.8. The molecule has 18 heavy (non-hydrogen) atoms. The Labute approximate surface area is 111 Å². The van der Waals surface area contributed by atoms with Crippen molar-refractivity contribution in [2.45, 2.75) is 26.7 Å². The van der Waals surface area contributed by atoms with Crippen LogP contribution in [0.1, 0.15) is 37.8 Å². The maximum absolute atomic E-state index is 4.01. The third kappa shape index (κ3) is 4.25. The standard InChI is InChI=1S/C17H23N/c1-6-15-9-10-16(12-17(15)14(4)5)18-11-7-8-13(2)3/h6,9-10,12,18H,1-2,4,7-8,11H2,3,5H3. The van der Waals surface area contributed by atoms with E-state index in [1.54, 1.807) is 0 Å². The summed E-state index contributed by atoms with van der Waals surface area (Å²) in [5.74, 6) is 0. The largest absolute Gasteiger partial charge is 0.385 e. The first-order valence-electron chi connectivity index (χ1n) is 6.35. The van der Waals surface area contributed by atoms with Crippen LogP contribution in [0.2, 0.25) is 0 Å². The van der Waals surface area contributed by atoms with Crippen molar-refractivity contribution in [1.82, 2.24) is 0 Å². The molecule has 1 aromatic rings. The average Bonchev–Trinajstić information content (AvgIpc) is 2.34. The molecule has 1 aromatic carbocycles. The molecule has 0 spiro atoms. The van der Waals surface area contributed by atoms with Gasteiger partial charge >= 0.3 is 0 Å². The second-order valence-electron chi connectivity index (χ2n) is 4.77. The molecule has 0 aromatic heterocycles. The molecule has 1 N–H and O–H groups in total. The SMILES string of the molecule is C=Cc1ccc(NCCCC(=C)C)cc1C(=C)C. The summed E-state index contributed by atoms with van der Waals surface area (Å²) < 4.78 is 0. The molecule has 0 heterocycles. The molecule has 0 bridgehead atoms. The lowest BCUT2D eigenvalue weighted by atomic mass is 10.0. The summed E-state index contributed by atoms with van der Waals surface area (Å²) in [5, 5.41) is 3.43. The van der Waals surface area contributed by atoms with Crippen LogP contribution in [0.3, 0.4) is 0 Å². The molecule has 0 saturated carbocycles. The molecular formula is C17H23N. The molecule has 0 aliphatic carbocycles. The van der Waals surface area contributed by atoms with Gasteiger partial charge < -0.3 is 5.32 Å². The zero-order valence-corrected chi connectivity index (χ0v) is 11.6. The van der Waals surface area contributed by atoms with Crippen LogP contribution >= 0.6 is 0 Å². The number of allylic oxidation sites excluding steroid dienone is 2. The Kier molecular flexibility index (Phi) is 5.44. The van der Waals surface area contributed by atoms with Gasteiger partial charge in [0.1, 0.15) is 0 Å². The Morgan fingerprint density at radius 1 is 1.28 bits per heavy atom. The Morgan fingerprint density at radius 3 is 2.56 bits per heavy atom. The summed E-state index contributed by atoms with van der Waals surface area (Å²) in [7, 11) is 0. The van der Waals surface area contributed by atoms with Crippen molar-refractivity contribution < 1.29 is 0 Å². The Balaban J connectivity index is 2.67. The third-order valence-electron chi connectivity index (χ3n) is 2.84. The molecule has 96 valence electrons. The van der Waals surface area contributed by atoms with E-state index in [4.69, 9.17) is 0 Å². The van der Waals surface area contributed by atoms with Crippen LogP contribution in [-0.4, -0.2) is 6.54 Å². The summed E-state index contributed by atoms with van der Waals surface area (Å²) in [6, 6.07) is 6.31. The third-order valence-corrected chi connectivity index (χ3v) is 2.84. The predicted molar refractivity (Wildman–Crippen MR) is 83.8 cm³/mol. The van der Waals surface area contributed by atoms with Crippen LogP contribution in [0.4, 0.5) is 5.69 Å². The Morgan fingerprint density at radius 2 is 2.00 bits per heavy atom. The highest BCUT2D eigenvalue weighted by Gasteiger charge is 2.02. The minimum atomic E-state index is 0.968. The second kappa shape index (κ2) is 6.85. The first-order valence-corrected chi connectivity index (χ1v) is 6.35. The summed E-state index contributed by atoms with van der Waals surface area (Å²) in [5.41, 5.74) is 5.74. The molecule has 0 radical (unpaired) electrons. The molecule has 1 rings (SSSR count). The number of benzene rings is 1. The van der Waals surface area contributed by atoms with Gasteiger partial charge in [0, 0.05) is 12.2 Å². The lowest BCUT2D eigenvalue weighted by Gasteiger charge is -2.11. The van der Waals surface area contributed by atoms with E-state index in [1.165, 1.54) is 5.57 Å². The van der Waals surface area contributed by atoms with Crippen LogP contribution in [0.15, 0.2) is 43.5 Å². The smallest absolute Gasteiger partial charge is 0.0346 e. The van der Waals surface area contributed by atoms with Crippen LogP contribution < -0.4 is 5.32 Å². The highest BCUT2D eigenvalue weighted by molar-refractivity contribution is 5.74. The fourth-order valence-corrected chi connectivity index (χ4v) is 1.84. The Bertz CT molecular complexity index is 455. The minimum absolute atomic E-state index is 0.968. The van der Waals surface area contributed by atoms with Gasteiger partial charge in [-0.05, 0) is 49.9 Å². The van der Waals surface area contributed by atoms with E-state index in [-0.39, 0.29) is 0 Å². The van der Waals surface area contributed by atoms with Gasteiger partial charge in [-0.1, -0.05) is 36.4 Å². The lowest BCUT2D eigenvalue weighted by molar-refractivity contribution is 0.854. The van der Waals surface area contributed by atoms with Gasteiger partial charge in [0.25, 0.3) is 0 Å². The maximum atomic E-state index is 4.01. The number of anilines is 1. The zero-order chi connectivity index (χ0) is 13.5. The van der Waals surface area contributed by atoms with Gasteiger partial charge in [0.15, 0.2) is 0 Å². The summed E-state index contributed by atoms with van der Waals surface area (Å²) >= 11 is 0. The van der Waals surface area contributed by atoms with Crippen molar-refractivity contribution >= 4 is 17.3 Å². The summed E-state index contributed by atoms with van der Waals surface area (Å²) in [4.78, 5) is 0. The van der Waals surface area contributed by atoms with Crippen LogP contribution in [0.25, 0.3) is 11.6 Å². The number of hydrogen-bond acceptors (Lipinski definition) is 1. The van der Waals surface area contributed by atoms with Gasteiger partial charge in [-0.2, -0.15) is 0 Å². The molecule has 0 fully saturated rings. The molecule has 0 atom stereocenters. The topological polar surface area (TPSA) is 12.0 Å². The van der Waals surface area contributed by atoms with Crippen LogP contribution in [0, 0.1) is 0 Å². The number of rotatable bonds is 7. The minimum Gasteiger partial charge on any atom is -0.385 e. The normalized spacial score (nSPS) is 9.89. The van der Waals surface area contributed by atoms with E-state index in [9.17, 15) is 0 Å². The van der Waals surface area contributed by atoms with Gasteiger partial charge in [-0.3, -0.25) is 0 Å². The lowest BCUT2D eigenvalue weighted by Crippen LogP contribution is -2.02. The average molecular weight is 241 g/mol. The van der Waals surface area contributed by atoms with E-state index in [0.29, 0.717) is 0 Å². The van der Waals surface area contributed by atoms with E-state index in [1.807, 2.05) is 13.0 Å². The summed E-state index contributed by atoms with van der Waals surface area (Å²) in [6.07, 6.45) is 4.06. The van der Waals surface area contributed by atoms with Gasteiger partial charge in [0.2, 0.25) is 0 Å². The maximum Gasteiger partial charge on any atom is 0.0346 e. The molecular weight excluding hydrogens is 218 g/mol. The van der Waals surface area contributed by atoms with Crippen molar-refractivity contribution in [3.8, 4) is 0 Å². The molecule has 0 saturated heterocycles. The van der Waals surface area contributed by atoms with E-state index < -0.39 is 0 Å². The molecule has 0 unspecified atom stereocenters. The number of nitrogens with one attached hydrogen (secondary N) is 1. The zero-order valence-electron chi connectivity index (χ0n) is 11.6. The second-order valence-corrected chi connectivity index (χ2v) is 4.77. The van der Waals surface area contributed by atoms with E-state index in [2.05, 4.69) is 50.2 Å². The van der Waals surface area contributed by atoms with Crippen LogP contribution in [-0.2, 0) is 0 Å². The number of hydrogen-bond donors (Lipinski definition) is 1. The monoisotopic (exact) mass is 241 g/mol. The van der Waals surface area contributed by atoms with Crippen molar-refractivity contribution in [3.63, 3.8) is 0 Å². The quantitative estimate of drug-likeness (QED) is 0.515. The molecule has 0 aliphatic heterocycles. The molecule has 0 aliphatic rings. The van der Waals surface area contributed by atoms with Crippen molar-refractivity contribution in [1.29, 1.82) is 0 Å². The van der Waals surface area contributed by atoms with Crippen molar-refractivity contribution in [2.75, 3.05) is 11.9 Å². The van der Waals surface area contributed by atoms with E-state index >= 15 is 0 Å². The fourth-order valence-electron chi connectivity index (χ4n) is 1.84. The van der Waals surface area contributed by atoms with Crippen molar-refractivity contribution in [3.05, 3.63) is 54.6 Å². The van der Waals surface area contributed by atoms with E-state index in [0.717, 1.165) is 41.8 Å². The van der Waals surface area contributed by atoms with Gasteiger partial charge in [0.05, 0.1) is 0 Å².